The Kier molecular flexibility index (Phi) is 3.88. The highest BCUT2D eigenvalue weighted by molar-refractivity contribution is 8.14. The van der Waals surface area contributed by atoms with Crippen LogP contribution in [0.2, 0.25) is 0 Å². The van der Waals surface area contributed by atoms with Crippen LogP contribution in [0.25, 0.3) is 0 Å². The molecule has 2 nitrogen and oxygen atoms in total. The lowest BCUT2D eigenvalue weighted by atomic mass is 10.1. The average molecular weight is 308 g/mol. The van der Waals surface area contributed by atoms with E-state index in [1.807, 2.05) is 30.3 Å². The third kappa shape index (κ3) is 3.05. The molecule has 0 amide bonds. The number of nitrogens with zero attached hydrogens (tertiary/aromatic N) is 1. The van der Waals surface area contributed by atoms with E-state index in [4.69, 9.17) is 0 Å². The summed E-state index contributed by atoms with van der Waals surface area (Å²) in [6.45, 7) is 0. The minimum absolute atomic E-state index is 0.00819. The summed E-state index contributed by atoms with van der Waals surface area (Å²) in [5.74, 6) is -3.16. The largest absolute Gasteiger partial charge is 0.335 e. The van der Waals surface area contributed by atoms with Crippen molar-refractivity contribution in [3.8, 4) is 0 Å². The Hall–Kier alpha value is -1.95. The molecule has 108 valence electrons. The number of benzene rings is 2. The first-order chi connectivity index (χ1) is 10.1. The molecule has 6 heteroatoms. The van der Waals surface area contributed by atoms with Crippen molar-refractivity contribution < 1.29 is 13.2 Å². The van der Waals surface area contributed by atoms with Crippen LogP contribution in [0.15, 0.2) is 47.5 Å². The van der Waals surface area contributed by atoms with Gasteiger partial charge in [-0.25, -0.2) is 13.2 Å². The maximum absolute atomic E-state index is 13.2. The second kappa shape index (κ2) is 5.81. The SMILES string of the molecule is Fc1cc(NC2=NC(c3ccccc3)CS2)cc(F)c1F. The molecular formula is C15H11F3N2S. The van der Waals surface area contributed by atoms with Gasteiger partial charge in [0.1, 0.15) is 0 Å². The minimum Gasteiger partial charge on any atom is -0.335 e. The summed E-state index contributed by atoms with van der Waals surface area (Å²) < 4.78 is 39.2. The molecule has 0 aliphatic carbocycles. The maximum atomic E-state index is 13.2. The van der Waals surface area contributed by atoms with Gasteiger partial charge in [0.15, 0.2) is 22.6 Å². The van der Waals surface area contributed by atoms with Crippen molar-refractivity contribution in [2.24, 2.45) is 4.99 Å². The molecular weight excluding hydrogens is 297 g/mol. The second-order valence-electron chi connectivity index (χ2n) is 4.55. The first-order valence-electron chi connectivity index (χ1n) is 6.30. The molecule has 2 aromatic rings. The Bertz CT molecular complexity index is 666. The third-order valence-corrected chi connectivity index (χ3v) is 4.03. The number of rotatable bonds is 2. The standard InChI is InChI=1S/C15H11F3N2S/c16-11-6-10(7-12(17)14(11)18)19-15-20-13(8-21-15)9-4-2-1-3-5-9/h1-7,13H,8H2,(H,19,20). The maximum Gasteiger partial charge on any atom is 0.194 e. The lowest BCUT2D eigenvalue weighted by Crippen LogP contribution is -2.06. The molecule has 0 fully saturated rings. The van der Waals surface area contributed by atoms with Crippen LogP contribution in [0.1, 0.15) is 11.6 Å². The molecule has 21 heavy (non-hydrogen) atoms. The summed E-state index contributed by atoms with van der Waals surface area (Å²) in [5.41, 5.74) is 1.23. The Balaban J connectivity index is 1.77. The third-order valence-electron chi connectivity index (χ3n) is 3.07. The normalized spacial score (nSPS) is 17.7. The molecule has 1 aliphatic heterocycles. The Morgan fingerprint density at radius 2 is 1.71 bits per heavy atom. The van der Waals surface area contributed by atoms with Gasteiger partial charge in [0.05, 0.1) is 6.04 Å². The molecule has 1 atom stereocenters. The number of halogens is 3. The fourth-order valence-corrected chi connectivity index (χ4v) is 3.01. The lowest BCUT2D eigenvalue weighted by molar-refractivity contribution is 0.448. The van der Waals surface area contributed by atoms with E-state index in [1.54, 1.807) is 0 Å². The summed E-state index contributed by atoms with van der Waals surface area (Å²) in [6.07, 6.45) is 0. The van der Waals surface area contributed by atoms with Gasteiger partial charge in [-0.05, 0) is 5.56 Å². The molecule has 2 aromatic carbocycles. The number of hydrogen-bond acceptors (Lipinski definition) is 3. The van der Waals surface area contributed by atoms with Crippen LogP contribution in [0.3, 0.4) is 0 Å². The lowest BCUT2D eigenvalue weighted by Gasteiger charge is -2.06. The highest BCUT2D eigenvalue weighted by Crippen LogP contribution is 2.31. The topological polar surface area (TPSA) is 24.4 Å². The molecule has 3 rings (SSSR count). The predicted molar refractivity (Wildman–Crippen MR) is 79.0 cm³/mol. The molecule has 1 unspecified atom stereocenters. The Morgan fingerprint density at radius 1 is 1.05 bits per heavy atom. The van der Waals surface area contributed by atoms with Crippen LogP contribution in [0.4, 0.5) is 18.9 Å². The molecule has 1 heterocycles. The molecule has 0 aromatic heterocycles. The zero-order valence-electron chi connectivity index (χ0n) is 10.8. The van der Waals surface area contributed by atoms with E-state index in [0.717, 1.165) is 23.4 Å². The van der Waals surface area contributed by atoms with Gasteiger partial charge in [0.2, 0.25) is 0 Å². The zero-order valence-corrected chi connectivity index (χ0v) is 11.6. The van der Waals surface area contributed by atoms with E-state index in [-0.39, 0.29) is 11.7 Å². The van der Waals surface area contributed by atoms with Gasteiger partial charge >= 0.3 is 0 Å². The van der Waals surface area contributed by atoms with Gasteiger partial charge in [-0.15, -0.1) is 0 Å². The summed E-state index contributed by atoms with van der Waals surface area (Å²) in [6, 6.07) is 11.6. The van der Waals surface area contributed by atoms with Gasteiger partial charge in [-0.2, -0.15) is 0 Å². The number of nitrogens with one attached hydrogen (secondary N) is 1. The Labute approximate surface area is 124 Å². The van der Waals surface area contributed by atoms with E-state index >= 15 is 0 Å². The van der Waals surface area contributed by atoms with Crippen LogP contribution in [0, 0.1) is 17.5 Å². The van der Waals surface area contributed by atoms with Crippen molar-refractivity contribution in [1.82, 2.24) is 0 Å². The van der Waals surface area contributed by atoms with Gasteiger partial charge in [0.25, 0.3) is 0 Å². The fourth-order valence-electron chi connectivity index (χ4n) is 2.04. The van der Waals surface area contributed by atoms with Crippen molar-refractivity contribution >= 4 is 22.6 Å². The first kappa shape index (κ1) is 14.0. The van der Waals surface area contributed by atoms with Crippen molar-refractivity contribution in [2.75, 3.05) is 11.1 Å². The molecule has 0 saturated carbocycles. The molecule has 0 saturated heterocycles. The number of anilines is 1. The molecule has 1 N–H and O–H groups in total. The average Bonchev–Trinajstić information content (AvgIpc) is 2.94. The van der Waals surface area contributed by atoms with E-state index in [2.05, 4.69) is 10.3 Å². The van der Waals surface area contributed by atoms with Crippen molar-refractivity contribution in [2.45, 2.75) is 6.04 Å². The van der Waals surface area contributed by atoms with Crippen molar-refractivity contribution in [3.63, 3.8) is 0 Å². The molecule has 0 bridgehead atoms. The fraction of sp³-hybridized carbons (Fsp3) is 0.133. The summed E-state index contributed by atoms with van der Waals surface area (Å²) in [4.78, 5) is 4.47. The van der Waals surface area contributed by atoms with Crippen LogP contribution in [-0.2, 0) is 0 Å². The van der Waals surface area contributed by atoms with E-state index in [0.29, 0.717) is 5.17 Å². The number of thioether (sulfide) groups is 1. The summed E-state index contributed by atoms with van der Waals surface area (Å²) in [5, 5.41) is 3.38. The smallest absolute Gasteiger partial charge is 0.194 e. The summed E-state index contributed by atoms with van der Waals surface area (Å²) in [7, 11) is 0. The number of hydrogen-bond donors (Lipinski definition) is 1. The highest BCUT2D eigenvalue weighted by atomic mass is 32.2. The predicted octanol–water partition coefficient (Wildman–Crippen LogP) is 4.36. The molecule has 1 aliphatic rings. The second-order valence-corrected chi connectivity index (χ2v) is 5.56. The van der Waals surface area contributed by atoms with Crippen LogP contribution >= 0.6 is 11.8 Å². The van der Waals surface area contributed by atoms with Crippen molar-refractivity contribution in [3.05, 3.63) is 65.5 Å². The molecule has 0 spiro atoms. The monoisotopic (exact) mass is 308 g/mol. The van der Waals surface area contributed by atoms with Gasteiger partial charge in [0, 0.05) is 23.6 Å². The van der Waals surface area contributed by atoms with E-state index in [9.17, 15) is 13.2 Å². The number of amidine groups is 1. The van der Waals surface area contributed by atoms with Gasteiger partial charge in [-0.3, -0.25) is 4.99 Å². The quantitative estimate of drug-likeness (QED) is 0.834. The van der Waals surface area contributed by atoms with E-state index in [1.165, 1.54) is 11.8 Å². The molecule has 0 radical (unpaired) electrons. The van der Waals surface area contributed by atoms with Gasteiger partial charge < -0.3 is 5.32 Å². The first-order valence-corrected chi connectivity index (χ1v) is 7.29. The zero-order chi connectivity index (χ0) is 14.8. The van der Waals surface area contributed by atoms with Crippen LogP contribution in [-0.4, -0.2) is 10.9 Å². The minimum atomic E-state index is -1.47. The van der Waals surface area contributed by atoms with Crippen LogP contribution < -0.4 is 5.32 Å². The Morgan fingerprint density at radius 3 is 2.38 bits per heavy atom. The van der Waals surface area contributed by atoms with Gasteiger partial charge in [-0.1, -0.05) is 42.1 Å². The van der Waals surface area contributed by atoms with Crippen molar-refractivity contribution in [1.29, 1.82) is 0 Å². The van der Waals surface area contributed by atoms with E-state index < -0.39 is 17.5 Å². The van der Waals surface area contributed by atoms with Crippen LogP contribution in [0.5, 0.6) is 0 Å². The summed E-state index contributed by atoms with van der Waals surface area (Å²) >= 11 is 1.46. The highest BCUT2D eigenvalue weighted by Gasteiger charge is 2.20. The number of aliphatic imine (C=N–C) groups is 1.